The first kappa shape index (κ1) is 22.0. The Kier molecular flexibility index (Phi) is 5.94. The number of methoxy groups -OCH3 is 1. The van der Waals surface area contributed by atoms with Gasteiger partial charge in [0.05, 0.1) is 24.5 Å². The summed E-state index contributed by atoms with van der Waals surface area (Å²) in [4.78, 5) is 8.95. The standard InChI is InChI=1S/C27H27N5OS/c1-30(2)19-13-15-20(16-14-19)32-26(25(29-27(32)34)21-9-6-7-17-28-21)23-11-8-18-31(23)22-10-4-5-12-24(22)33-3/h4-18,25-26H,1-3H3,(H,29,34). The summed E-state index contributed by atoms with van der Waals surface area (Å²) >= 11 is 5.89. The summed E-state index contributed by atoms with van der Waals surface area (Å²) in [7, 11) is 5.78. The molecule has 6 nitrogen and oxygen atoms in total. The van der Waals surface area contributed by atoms with Crippen LogP contribution in [0.15, 0.2) is 91.3 Å². The first-order valence-corrected chi connectivity index (χ1v) is 11.6. The van der Waals surface area contributed by atoms with E-state index in [4.69, 9.17) is 17.0 Å². The monoisotopic (exact) mass is 469 g/mol. The molecule has 4 aromatic rings. The highest BCUT2D eigenvalue weighted by atomic mass is 32.1. The predicted molar refractivity (Wildman–Crippen MR) is 141 cm³/mol. The van der Waals surface area contributed by atoms with Gasteiger partial charge in [-0.3, -0.25) is 4.98 Å². The number of benzene rings is 2. The van der Waals surface area contributed by atoms with Gasteiger partial charge in [-0.25, -0.2) is 0 Å². The Labute approximate surface area is 205 Å². The van der Waals surface area contributed by atoms with Crippen molar-refractivity contribution in [2.45, 2.75) is 12.1 Å². The van der Waals surface area contributed by atoms with Gasteiger partial charge in [0, 0.05) is 43.6 Å². The van der Waals surface area contributed by atoms with E-state index in [2.05, 4.69) is 73.3 Å². The molecule has 1 N–H and O–H groups in total. The number of para-hydroxylation sites is 2. The van der Waals surface area contributed by atoms with Gasteiger partial charge in [0.25, 0.3) is 0 Å². The van der Waals surface area contributed by atoms with Crippen molar-refractivity contribution >= 4 is 28.7 Å². The van der Waals surface area contributed by atoms with Crippen molar-refractivity contribution in [1.29, 1.82) is 0 Å². The SMILES string of the molecule is COc1ccccc1-n1cccc1C1C(c2ccccn2)NC(=S)N1c1ccc(N(C)C)cc1. The Balaban J connectivity index is 1.66. The highest BCUT2D eigenvalue weighted by Gasteiger charge is 2.42. The number of rotatable bonds is 6. The average molecular weight is 470 g/mol. The highest BCUT2D eigenvalue weighted by Crippen LogP contribution is 2.43. The second-order valence-electron chi connectivity index (χ2n) is 8.38. The van der Waals surface area contributed by atoms with E-state index in [-0.39, 0.29) is 12.1 Å². The summed E-state index contributed by atoms with van der Waals surface area (Å²) in [6.45, 7) is 0. The number of anilines is 2. The van der Waals surface area contributed by atoms with E-state index < -0.39 is 0 Å². The van der Waals surface area contributed by atoms with E-state index in [1.807, 2.05) is 56.7 Å². The summed E-state index contributed by atoms with van der Waals surface area (Å²) in [5.41, 5.74) is 5.17. The molecule has 0 spiro atoms. The average Bonchev–Trinajstić information content (AvgIpc) is 3.48. The maximum atomic E-state index is 5.89. The summed E-state index contributed by atoms with van der Waals surface area (Å²) < 4.78 is 7.85. The number of aromatic nitrogens is 2. The molecule has 2 aromatic heterocycles. The summed E-state index contributed by atoms with van der Waals surface area (Å²) in [5, 5.41) is 4.21. The zero-order chi connectivity index (χ0) is 23.7. The molecular formula is C27H27N5OS. The van der Waals surface area contributed by atoms with Crippen LogP contribution in [0.25, 0.3) is 5.69 Å². The van der Waals surface area contributed by atoms with E-state index in [1.54, 1.807) is 7.11 Å². The Morgan fingerprint density at radius 1 is 0.941 bits per heavy atom. The van der Waals surface area contributed by atoms with Crippen molar-refractivity contribution in [3.05, 3.63) is 103 Å². The van der Waals surface area contributed by atoms with Crippen molar-refractivity contribution in [3.63, 3.8) is 0 Å². The molecule has 34 heavy (non-hydrogen) atoms. The molecule has 1 saturated heterocycles. The van der Waals surface area contributed by atoms with Gasteiger partial charge in [-0.1, -0.05) is 18.2 Å². The molecular weight excluding hydrogens is 442 g/mol. The van der Waals surface area contributed by atoms with E-state index in [9.17, 15) is 0 Å². The number of pyridine rings is 1. The first-order chi connectivity index (χ1) is 16.6. The Hall–Kier alpha value is -3.84. The third-order valence-corrected chi connectivity index (χ3v) is 6.48. The molecule has 2 atom stereocenters. The molecule has 7 heteroatoms. The van der Waals surface area contributed by atoms with Crippen LogP contribution in [0.5, 0.6) is 5.75 Å². The van der Waals surface area contributed by atoms with Gasteiger partial charge in [0.2, 0.25) is 0 Å². The van der Waals surface area contributed by atoms with Crippen LogP contribution in [0, 0.1) is 0 Å². The number of thiocarbonyl (C=S) groups is 1. The van der Waals surface area contributed by atoms with Crippen molar-refractivity contribution in [3.8, 4) is 11.4 Å². The minimum Gasteiger partial charge on any atom is -0.495 e. The van der Waals surface area contributed by atoms with Gasteiger partial charge in [-0.15, -0.1) is 0 Å². The molecule has 3 heterocycles. The molecule has 0 aliphatic carbocycles. The van der Waals surface area contributed by atoms with Gasteiger partial charge < -0.3 is 24.4 Å². The van der Waals surface area contributed by atoms with Crippen molar-refractivity contribution in [2.75, 3.05) is 31.0 Å². The zero-order valence-electron chi connectivity index (χ0n) is 19.4. The van der Waals surface area contributed by atoms with E-state index in [0.717, 1.165) is 34.2 Å². The summed E-state index contributed by atoms with van der Waals surface area (Å²) in [6.07, 6.45) is 3.89. The van der Waals surface area contributed by atoms with Crippen LogP contribution in [0.1, 0.15) is 23.5 Å². The van der Waals surface area contributed by atoms with E-state index >= 15 is 0 Å². The van der Waals surface area contributed by atoms with Crippen molar-refractivity contribution in [2.24, 2.45) is 0 Å². The molecule has 0 bridgehead atoms. The summed E-state index contributed by atoms with van der Waals surface area (Å²) in [5.74, 6) is 0.810. The largest absolute Gasteiger partial charge is 0.495 e. The number of nitrogens with one attached hydrogen (secondary N) is 1. The lowest BCUT2D eigenvalue weighted by molar-refractivity contribution is 0.412. The van der Waals surface area contributed by atoms with Gasteiger partial charge >= 0.3 is 0 Å². The van der Waals surface area contributed by atoms with E-state index in [1.165, 1.54) is 0 Å². The molecule has 0 radical (unpaired) electrons. The lowest BCUT2D eigenvalue weighted by Gasteiger charge is -2.29. The van der Waals surface area contributed by atoms with Crippen LogP contribution in [0.4, 0.5) is 11.4 Å². The second kappa shape index (κ2) is 9.19. The molecule has 5 rings (SSSR count). The van der Waals surface area contributed by atoms with Gasteiger partial charge in [0.15, 0.2) is 5.11 Å². The van der Waals surface area contributed by atoms with Crippen molar-refractivity contribution in [1.82, 2.24) is 14.9 Å². The van der Waals surface area contributed by atoms with Crippen LogP contribution >= 0.6 is 12.2 Å². The molecule has 1 fully saturated rings. The van der Waals surface area contributed by atoms with E-state index in [0.29, 0.717) is 5.11 Å². The van der Waals surface area contributed by atoms with Gasteiger partial charge in [-0.05, 0) is 72.9 Å². The topological polar surface area (TPSA) is 45.6 Å². The lowest BCUT2D eigenvalue weighted by Crippen LogP contribution is -2.30. The van der Waals surface area contributed by atoms with Crippen LogP contribution in [-0.4, -0.2) is 35.9 Å². The quantitative estimate of drug-likeness (QED) is 0.395. The van der Waals surface area contributed by atoms with Crippen LogP contribution in [0.3, 0.4) is 0 Å². The fourth-order valence-corrected chi connectivity index (χ4v) is 4.87. The third-order valence-electron chi connectivity index (χ3n) is 6.17. The van der Waals surface area contributed by atoms with Gasteiger partial charge in [-0.2, -0.15) is 0 Å². The fraction of sp³-hybridized carbons (Fsp3) is 0.185. The first-order valence-electron chi connectivity index (χ1n) is 11.2. The minimum atomic E-state index is -0.120. The molecule has 0 amide bonds. The fourth-order valence-electron chi connectivity index (χ4n) is 4.53. The smallest absolute Gasteiger partial charge is 0.174 e. The van der Waals surface area contributed by atoms with Gasteiger partial charge in [0.1, 0.15) is 11.8 Å². The number of nitrogens with zero attached hydrogens (tertiary/aromatic N) is 4. The maximum absolute atomic E-state index is 5.89. The number of ether oxygens (including phenoxy) is 1. The van der Waals surface area contributed by atoms with Crippen LogP contribution in [0.2, 0.25) is 0 Å². The normalized spacial score (nSPS) is 17.5. The predicted octanol–water partition coefficient (Wildman–Crippen LogP) is 5.12. The molecule has 2 unspecified atom stereocenters. The second-order valence-corrected chi connectivity index (χ2v) is 8.77. The minimum absolute atomic E-state index is 0.118. The number of hydrogen-bond donors (Lipinski definition) is 1. The van der Waals surface area contributed by atoms with Crippen LogP contribution in [-0.2, 0) is 0 Å². The van der Waals surface area contributed by atoms with Crippen LogP contribution < -0.4 is 19.9 Å². The Morgan fingerprint density at radius 2 is 1.71 bits per heavy atom. The molecule has 1 aliphatic rings. The summed E-state index contributed by atoms with van der Waals surface area (Å²) in [6, 6.07) is 26.5. The molecule has 0 saturated carbocycles. The number of hydrogen-bond acceptors (Lipinski definition) is 4. The lowest BCUT2D eigenvalue weighted by atomic mass is 10.0. The zero-order valence-corrected chi connectivity index (χ0v) is 20.2. The third kappa shape index (κ3) is 3.88. The molecule has 2 aromatic carbocycles. The van der Waals surface area contributed by atoms with Crippen molar-refractivity contribution < 1.29 is 4.74 Å². The Bertz CT molecular complexity index is 1290. The molecule has 1 aliphatic heterocycles. The molecule has 172 valence electrons. The Morgan fingerprint density at radius 3 is 2.41 bits per heavy atom. The maximum Gasteiger partial charge on any atom is 0.174 e. The highest BCUT2D eigenvalue weighted by molar-refractivity contribution is 7.80.